The van der Waals surface area contributed by atoms with E-state index in [2.05, 4.69) is 5.10 Å². The molecule has 0 saturated heterocycles. The summed E-state index contributed by atoms with van der Waals surface area (Å²) in [5.41, 5.74) is 2.01. The van der Waals surface area contributed by atoms with Crippen molar-refractivity contribution in [3.05, 3.63) is 72.6 Å². The maximum absolute atomic E-state index is 12.4. The highest BCUT2D eigenvalue weighted by Crippen LogP contribution is 2.19. The third-order valence-corrected chi connectivity index (χ3v) is 4.68. The van der Waals surface area contributed by atoms with Crippen molar-refractivity contribution in [1.82, 2.24) is 9.78 Å². The van der Waals surface area contributed by atoms with Gasteiger partial charge in [0.05, 0.1) is 29.3 Å². The first kappa shape index (κ1) is 14.5. The minimum Gasteiger partial charge on any atom is -0.497 e. The highest BCUT2D eigenvalue weighted by molar-refractivity contribution is 7.84. The van der Waals surface area contributed by atoms with Gasteiger partial charge < -0.3 is 4.74 Å². The van der Waals surface area contributed by atoms with Gasteiger partial charge in [0.2, 0.25) is 0 Å². The van der Waals surface area contributed by atoms with Gasteiger partial charge in [0.25, 0.3) is 0 Å². The highest BCUT2D eigenvalue weighted by Gasteiger charge is 2.07. The second kappa shape index (κ2) is 6.58. The van der Waals surface area contributed by atoms with E-state index in [1.165, 1.54) is 0 Å². The quantitative estimate of drug-likeness (QED) is 0.727. The monoisotopic (exact) mass is 312 g/mol. The van der Waals surface area contributed by atoms with Gasteiger partial charge in [-0.1, -0.05) is 18.2 Å². The Morgan fingerprint density at radius 1 is 1.14 bits per heavy atom. The fraction of sp³-hybridized carbons (Fsp3) is 0.118. The highest BCUT2D eigenvalue weighted by atomic mass is 32.2. The molecule has 0 fully saturated rings. The second-order valence-corrected chi connectivity index (χ2v) is 6.24. The van der Waals surface area contributed by atoms with E-state index in [0.29, 0.717) is 5.75 Å². The van der Waals surface area contributed by atoms with E-state index in [4.69, 9.17) is 4.74 Å². The van der Waals surface area contributed by atoms with Crippen molar-refractivity contribution < 1.29 is 8.95 Å². The largest absolute Gasteiger partial charge is 0.497 e. The van der Waals surface area contributed by atoms with Crippen molar-refractivity contribution in [3.63, 3.8) is 0 Å². The van der Waals surface area contributed by atoms with Crippen LogP contribution in [0, 0.1) is 0 Å². The smallest absolute Gasteiger partial charge is 0.120 e. The minimum absolute atomic E-state index is 0.479. The summed E-state index contributed by atoms with van der Waals surface area (Å²) in [7, 11) is 0.515. The predicted molar refractivity (Wildman–Crippen MR) is 86.7 cm³/mol. The molecule has 0 radical (unpaired) electrons. The third-order valence-electron chi connectivity index (χ3n) is 3.31. The third kappa shape index (κ3) is 3.26. The fourth-order valence-electron chi connectivity index (χ4n) is 2.14. The van der Waals surface area contributed by atoms with E-state index >= 15 is 0 Å². The zero-order valence-corrected chi connectivity index (χ0v) is 13.0. The van der Waals surface area contributed by atoms with E-state index in [1.807, 2.05) is 60.8 Å². The Kier molecular flexibility index (Phi) is 4.34. The summed E-state index contributed by atoms with van der Waals surface area (Å²) >= 11 is 0. The maximum atomic E-state index is 12.4. The molecule has 1 aromatic heterocycles. The van der Waals surface area contributed by atoms with Crippen LogP contribution in [0.3, 0.4) is 0 Å². The number of hydrogen-bond acceptors (Lipinski definition) is 3. The molecule has 2 aromatic carbocycles. The average molecular weight is 312 g/mol. The number of aromatic nitrogens is 2. The molecule has 0 aliphatic rings. The molecule has 0 aliphatic carbocycles. The molecule has 22 heavy (non-hydrogen) atoms. The summed E-state index contributed by atoms with van der Waals surface area (Å²) < 4.78 is 19.4. The maximum Gasteiger partial charge on any atom is 0.120 e. The molecular weight excluding hydrogens is 296 g/mol. The first-order chi connectivity index (χ1) is 10.8. The molecule has 0 saturated carbocycles. The summed E-state index contributed by atoms with van der Waals surface area (Å²) in [4.78, 5) is 0.774. The van der Waals surface area contributed by atoms with E-state index < -0.39 is 10.8 Å². The molecule has 0 N–H and O–H groups in total. The van der Waals surface area contributed by atoms with Gasteiger partial charge >= 0.3 is 0 Å². The summed E-state index contributed by atoms with van der Waals surface area (Å²) in [5.74, 6) is 1.20. The van der Waals surface area contributed by atoms with Crippen molar-refractivity contribution in [3.8, 4) is 11.4 Å². The zero-order chi connectivity index (χ0) is 15.4. The van der Waals surface area contributed by atoms with Crippen LogP contribution in [0.1, 0.15) is 5.56 Å². The Hall–Kier alpha value is -2.40. The van der Waals surface area contributed by atoms with E-state index in [-0.39, 0.29) is 0 Å². The minimum atomic E-state index is -1.09. The van der Waals surface area contributed by atoms with Crippen molar-refractivity contribution in [2.45, 2.75) is 10.6 Å². The van der Waals surface area contributed by atoms with Crippen molar-refractivity contribution in [2.75, 3.05) is 7.11 Å². The van der Waals surface area contributed by atoms with E-state index in [0.717, 1.165) is 21.9 Å². The van der Waals surface area contributed by atoms with Crippen LogP contribution in [0.5, 0.6) is 5.75 Å². The first-order valence-electron chi connectivity index (χ1n) is 6.87. The van der Waals surface area contributed by atoms with Gasteiger partial charge in [0.15, 0.2) is 0 Å². The molecule has 0 aliphatic heterocycles. The lowest BCUT2D eigenvalue weighted by Crippen LogP contribution is -1.98. The van der Waals surface area contributed by atoms with Gasteiger partial charge in [-0.3, -0.25) is 4.21 Å². The molecule has 1 atom stereocenters. The number of hydrogen-bond donors (Lipinski definition) is 0. The molecule has 0 spiro atoms. The molecule has 0 unspecified atom stereocenters. The van der Waals surface area contributed by atoms with Gasteiger partial charge in [-0.2, -0.15) is 5.10 Å². The lowest BCUT2D eigenvalue weighted by molar-refractivity contribution is 0.413. The molecule has 5 heteroatoms. The Bertz CT molecular complexity index is 768. The number of methoxy groups -OCH3 is 1. The number of rotatable bonds is 5. The molecule has 3 rings (SSSR count). The van der Waals surface area contributed by atoms with Gasteiger partial charge in [-0.15, -0.1) is 0 Å². The Labute approximate surface area is 131 Å². The van der Waals surface area contributed by atoms with E-state index in [1.54, 1.807) is 18.0 Å². The lowest BCUT2D eigenvalue weighted by Gasteiger charge is -2.06. The molecule has 4 nitrogen and oxygen atoms in total. The molecule has 3 aromatic rings. The molecular formula is C17H16N2O2S. The zero-order valence-electron chi connectivity index (χ0n) is 12.2. The number of ether oxygens (including phenoxy) is 1. The van der Waals surface area contributed by atoms with Crippen LogP contribution < -0.4 is 4.74 Å². The van der Waals surface area contributed by atoms with Gasteiger partial charge in [-0.05, 0) is 42.0 Å². The van der Waals surface area contributed by atoms with Crippen LogP contribution in [-0.4, -0.2) is 21.1 Å². The summed E-state index contributed by atoms with van der Waals surface area (Å²) in [6.45, 7) is 0. The standard InChI is InChI=1S/C17H16N2O2S/c1-21-16-4-2-5-17(12-16)22(20)13-14-6-8-15(9-7-14)19-11-3-10-18-19/h2-12H,13H2,1H3/t22-/m1/s1. The van der Waals surface area contributed by atoms with Crippen LogP contribution in [0.25, 0.3) is 5.69 Å². The van der Waals surface area contributed by atoms with Gasteiger partial charge in [0.1, 0.15) is 5.75 Å². The SMILES string of the molecule is COc1cccc([S@](=O)Cc2ccc(-n3cccn3)cc2)c1. The Morgan fingerprint density at radius 3 is 2.64 bits per heavy atom. The molecule has 0 amide bonds. The van der Waals surface area contributed by atoms with Crippen LogP contribution in [0.15, 0.2) is 71.9 Å². The number of benzene rings is 2. The second-order valence-electron chi connectivity index (χ2n) is 4.79. The molecule has 112 valence electrons. The summed E-state index contributed by atoms with van der Waals surface area (Å²) in [5, 5.41) is 4.19. The van der Waals surface area contributed by atoms with Crippen molar-refractivity contribution in [2.24, 2.45) is 0 Å². The van der Waals surface area contributed by atoms with Gasteiger partial charge in [0, 0.05) is 17.3 Å². The van der Waals surface area contributed by atoms with Crippen LogP contribution in [-0.2, 0) is 16.6 Å². The van der Waals surface area contributed by atoms with Crippen molar-refractivity contribution in [1.29, 1.82) is 0 Å². The van der Waals surface area contributed by atoms with Crippen LogP contribution in [0.2, 0.25) is 0 Å². The Balaban J connectivity index is 1.74. The van der Waals surface area contributed by atoms with Gasteiger partial charge in [-0.25, -0.2) is 4.68 Å². The summed E-state index contributed by atoms with van der Waals surface area (Å²) in [6.07, 6.45) is 3.63. The molecule has 1 heterocycles. The predicted octanol–water partition coefficient (Wildman–Crippen LogP) is 3.19. The fourth-order valence-corrected chi connectivity index (χ4v) is 3.28. The van der Waals surface area contributed by atoms with Crippen LogP contribution in [0.4, 0.5) is 0 Å². The Morgan fingerprint density at radius 2 is 1.95 bits per heavy atom. The number of nitrogens with zero attached hydrogens (tertiary/aromatic N) is 2. The summed E-state index contributed by atoms with van der Waals surface area (Å²) in [6, 6.07) is 17.2. The molecule has 0 bridgehead atoms. The lowest BCUT2D eigenvalue weighted by atomic mass is 10.2. The first-order valence-corrected chi connectivity index (χ1v) is 8.19. The topological polar surface area (TPSA) is 44.1 Å². The average Bonchev–Trinajstić information content (AvgIpc) is 3.10. The van der Waals surface area contributed by atoms with Crippen molar-refractivity contribution >= 4 is 10.8 Å². The van der Waals surface area contributed by atoms with Crippen LogP contribution >= 0.6 is 0 Å². The van der Waals surface area contributed by atoms with E-state index in [9.17, 15) is 4.21 Å². The normalized spacial score (nSPS) is 12.0.